The molecule has 1 atom stereocenters. The van der Waals surface area contributed by atoms with Gasteiger partial charge in [0.05, 0.1) is 20.3 Å². The first kappa shape index (κ1) is 41.2. The Labute approximate surface area is 332 Å². The zero-order valence-electron chi connectivity index (χ0n) is 32.6. The number of aromatic nitrogens is 4. The topological polar surface area (TPSA) is 207 Å². The number of tetrazole rings is 1. The van der Waals surface area contributed by atoms with Gasteiger partial charge in [-0.05, 0) is 111 Å². The molecule has 57 heavy (non-hydrogen) atoms. The number of nitrogens with zero attached hydrogens (tertiary/aromatic N) is 4. The first-order valence-electron chi connectivity index (χ1n) is 19.1. The molecule has 3 amide bonds. The summed E-state index contributed by atoms with van der Waals surface area (Å²) in [6, 6.07) is 18.6. The highest BCUT2D eigenvalue weighted by Gasteiger charge is 2.32. The van der Waals surface area contributed by atoms with Crippen LogP contribution < -0.4 is 20.7 Å². The number of amides is 3. The standard InChI is InChI=1S/C40H50N8O8S/c1-40(2,3)56-39(51)41-25-27-7-11-30(12-8-27)37(49)43-33(38(50)42-32-16-13-29(14-17-32)36-44-46-47-45-36)23-26-5-9-28(10-6-26)31-15-18-34(54-4)35(24-31)57(52,53)48-19-21-55-22-20-48/h5-6,9-10,13-18,24,27,30,33H,7-8,11-12,19-23,25H2,1-4H3,(H,41,51)(H,42,50)(H,43,49)(H,44,45,46,47). The number of morpholine rings is 1. The number of carbonyl (C=O) groups excluding carboxylic acids is 3. The highest BCUT2D eigenvalue weighted by molar-refractivity contribution is 7.89. The Morgan fingerprint density at radius 2 is 1.60 bits per heavy atom. The van der Waals surface area contributed by atoms with E-state index >= 15 is 0 Å². The van der Waals surface area contributed by atoms with E-state index in [4.69, 9.17) is 14.2 Å². The summed E-state index contributed by atoms with van der Waals surface area (Å²) in [4.78, 5) is 39.8. The van der Waals surface area contributed by atoms with Crippen LogP contribution in [0.2, 0.25) is 0 Å². The lowest BCUT2D eigenvalue weighted by Crippen LogP contribution is -2.48. The van der Waals surface area contributed by atoms with E-state index in [0.29, 0.717) is 55.2 Å². The number of aromatic amines is 1. The summed E-state index contributed by atoms with van der Waals surface area (Å²) in [7, 11) is -2.39. The fourth-order valence-corrected chi connectivity index (χ4v) is 8.53. The third kappa shape index (κ3) is 10.9. The number of ether oxygens (including phenoxy) is 3. The van der Waals surface area contributed by atoms with Gasteiger partial charge < -0.3 is 30.2 Å². The zero-order valence-corrected chi connectivity index (χ0v) is 33.4. The fourth-order valence-electron chi connectivity index (χ4n) is 6.94. The second-order valence-corrected chi connectivity index (χ2v) is 17.2. The van der Waals surface area contributed by atoms with Crippen LogP contribution in [0.25, 0.3) is 22.5 Å². The second kappa shape index (κ2) is 18.3. The minimum absolute atomic E-state index is 0.0755. The number of benzene rings is 3. The first-order valence-corrected chi connectivity index (χ1v) is 20.5. The SMILES string of the molecule is COc1ccc(-c2ccc(CC(NC(=O)C3CCC(CNC(=O)OC(C)(C)C)CC3)C(=O)Nc3ccc(-c4nn[nH]n4)cc3)cc2)cc1S(=O)(=O)N1CCOCC1. The normalized spacial score (nSPS) is 18.2. The number of nitrogens with one attached hydrogen (secondary N) is 4. The number of H-pyrrole nitrogens is 1. The lowest BCUT2D eigenvalue weighted by molar-refractivity contribution is -0.130. The number of alkyl carbamates (subject to hydrolysis) is 1. The molecule has 2 aliphatic rings. The van der Waals surface area contributed by atoms with Crippen LogP contribution in [0.5, 0.6) is 5.75 Å². The average Bonchev–Trinajstić information content (AvgIpc) is 3.75. The third-order valence-corrected chi connectivity index (χ3v) is 11.9. The molecule has 2 fully saturated rings. The Bertz CT molecular complexity index is 2090. The molecule has 3 aromatic carbocycles. The molecule has 1 saturated carbocycles. The van der Waals surface area contributed by atoms with Crippen molar-refractivity contribution in [3.05, 3.63) is 72.3 Å². The number of methoxy groups -OCH3 is 1. The Hall–Kier alpha value is -5.39. The molecule has 0 radical (unpaired) electrons. The summed E-state index contributed by atoms with van der Waals surface area (Å²) in [6.07, 6.45) is 2.49. The number of rotatable bonds is 13. The molecular formula is C40H50N8O8S. The van der Waals surface area contributed by atoms with Crippen LogP contribution in [-0.4, -0.2) is 103 Å². The molecule has 1 aliphatic heterocycles. The van der Waals surface area contributed by atoms with Crippen LogP contribution in [0, 0.1) is 11.8 Å². The lowest BCUT2D eigenvalue weighted by Gasteiger charge is -2.29. The van der Waals surface area contributed by atoms with Crippen molar-refractivity contribution < 1.29 is 37.0 Å². The van der Waals surface area contributed by atoms with Gasteiger partial charge in [-0.3, -0.25) is 9.59 Å². The third-order valence-electron chi connectivity index (χ3n) is 10.0. The summed E-state index contributed by atoms with van der Waals surface area (Å²) in [5.74, 6) is 0.0138. The Balaban J connectivity index is 1.15. The van der Waals surface area contributed by atoms with E-state index in [1.54, 1.807) is 42.5 Å². The van der Waals surface area contributed by atoms with Crippen LogP contribution >= 0.6 is 0 Å². The maximum Gasteiger partial charge on any atom is 0.407 e. The molecule has 16 nitrogen and oxygen atoms in total. The van der Waals surface area contributed by atoms with Crippen molar-refractivity contribution in [2.45, 2.75) is 69.4 Å². The van der Waals surface area contributed by atoms with Gasteiger partial charge in [0.2, 0.25) is 27.7 Å². The molecule has 1 saturated heterocycles. The summed E-state index contributed by atoms with van der Waals surface area (Å²) < 4.78 is 44.7. The molecule has 17 heteroatoms. The number of carbonyl (C=O) groups is 3. The van der Waals surface area contributed by atoms with Gasteiger partial charge in [0.15, 0.2) is 0 Å². The predicted molar refractivity (Wildman–Crippen MR) is 212 cm³/mol. The minimum Gasteiger partial charge on any atom is -0.495 e. The number of sulfonamides is 1. The Kier molecular flexibility index (Phi) is 13.2. The summed E-state index contributed by atoms with van der Waals surface area (Å²) in [5, 5.41) is 22.8. The molecule has 1 aliphatic carbocycles. The molecule has 1 unspecified atom stereocenters. The fraction of sp³-hybridized carbons (Fsp3) is 0.450. The zero-order chi connectivity index (χ0) is 40.6. The van der Waals surface area contributed by atoms with Crippen LogP contribution in [0.15, 0.2) is 71.6 Å². The van der Waals surface area contributed by atoms with Gasteiger partial charge in [0.1, 0.15) is 22.3 Å². The average molecular weight is 803 g/mol. The van der Waals surface area contributed by atoms with E-state index in [1.807, 2.05) is 45.0 Å². The van der Waals surface area contributed by atoms with Gasteiger partial charge in [-0.2, -0.15) is 9.52 Å². The quantitative estimate of drug-likeness (QED) is 0.147. The van der Waals surface area contributed by atoms with Crippen molar-refractivity contribution in [2.24, 2.45) is 11.8 Å². The Morgan fingerprint density at radius 3 is 2.23 bits per heavy atom. The van der Waals surface area contributed by atoms with Crippen molar-refractivity contribution in [3.8, 4) is 28.3 Å². The van der Waals surface area contributed by atoms with E-state index in [2.05, 4.69) is 36.6 Å². The second-order valence-electron chi connectivity index (χ2n) is 15.2. The molecule has 4 N–H and O–H groups in total. The van der Waals surface area contributed by atoms with Gasteiger partial charge in [0, 0.05) is 43.2 Å². The molecule has 304 valence electrons. The van der Waals surface area contributed by atoms with Gasteiger partial charge in [-0.15, -0.1) is 10.2 Å². The molecule has 6 rings (SSSR count). The van der Waals surface area contributed by atoms with E-state index < -0.39 is 27.8 Å². The molecule has 0 spiro atoms. The van der Waals surface area contributed by atoms with E-state index in [9.17, 15) is 22.8 Å². The van der Waals surface area contributed by atoms with Crippen molar-refractivity contribution >= 4 is 33.6 Å². The number of hydrogen-bond acceptors (Lipinski definition) is 11. The monoisotopic (exact) mass is 802 g/mol. The van der Waals surface area contributed by atoms with Crippen LogP contribution in [0.3, 0.4) is 0 Å². The van der Waals surface area contributed by atoms with Crippen LogP contribution in [0.4, 0.5) is 10.5 Å². The van der Waals surface area contributed by atoms with Gasteiger partial charge in [-0.25, -0.2) is 13.2 Å². The van der Waals surface area contributed by atoms with Crippen LogP contribution in [0.1, 0.15) is 52.0 Å². The van der Waals surface area contributed by atoms with Gasteiger partial charge in [0.25, 0.3) is 0 Å². The van der Waals surface area contributed by atoms with Crippen molar-refractivity contribution in [3.63, 3.8) is 0 Å². The smallest absolute Gasteiger partial charge is 0.407 e. The van der Waals surface area contributed by atoms with Crippen molar-refractivity contribution in [1.82, 2.24) is 35.6 Å². The summed E-state index contributed by atoms with van der Waals surface area (Å²) in [6.45, 7) is 7.08. The summed E-state index contributed by atoms with van der Waals surface area (Å²) >= 11 is 0. The molecule has 4 aromatic rings. The minimum atomic E-state index is -3.83. The Morgan fingerprint density at radius 1 is 0.930 bits per heavy atom. The predicted octanol–water partition coefficient (Wildman–Crippen LogP) is 4.56. The number of anilines is 1. The molecule has 1 aromatic heterocycles. The first-order chi connectivity index (χ1) is 27.3. The molecular weight excluding hydrogens is 753 g/mol. The van der Waals surface area contributed by atoms with E-state index in [-0.39, 0.29) is 53.8 Å². The van der Waals surface area contributed by atoms with Crippen LogP contribution in [-0.2, 0) is 35.5 Å². The van der Waals surface area contributed by atoms with E-state index in [1.165, 1.54) is 11.4 Å². The van der Waals surface area contributed by atoms with Crippen molar-refractivity contribution in [2.75, 3.05) is 45.3 Å². The summed E-state index contributed by atoms with van der Waals surface area (Å²) in [5.41, 5.74) is 2.90. The maximum atomic E-state index is 13.9. The maximum absolute atomic E-state index is 13.9. The number of hydrogen-bond donors (Lipinski definition) is 4. The van der Waals surface area contributed by atoms with Gasteiger partial charge >= 0.3 is 6.09 Å². The lowest BCUT2D eigenvalue weighted by atomic mass is 9.81. The van der Waals surface area contributed by atoms with Gasteiger partial charge in [-0.1, -0.05) is 30.3 Å². The highest BCUT2D eigenvalue weighted by atomic mass is 32.2. The molecule has 2 heterocycles. The largest absolute Gasteiger partial charge is 0.495 e. The highest BCUT2D eigenvalue weighted by Crippen LogP contribution is 2.33. The molecule has 0 bridgehead atoms. The van der Waals surface area contributed by atoms with Crippen molar-refractivity contribution in [1.29, 1.82) is 0 Å². The van der Waals surface area contributed by atoms with E-state index in [0.717, 1.165) is 24.0 Å².